The standard InChI is InChI=1S/C15H13ClN2O/c1-10(2)12-3-5-13(6-4-12)19-15-8-11(9-17)7-14(16)18-15/h3-8,10H,1-2H3. The van der Waals surface area contributed by atoms with Gasteiger partial charge in [0.2, 0.25) is 5.88 Å². The zero-order valence-corrected chi connectivity index (χ0v) is 11.5. The monoisotopic (exact) mass is 272 g/mol. The second kappa shape index (κ2) is 5.73. The van der Waals surface area contributed by atoms with Gasteiger partial charge in [-0.15, -0.1) is 0 Å². The molecular weight excluding hydrogens is 260 g/mol. The minimum Gasteiger partial charge on any atom is -0.439 e. The van der Waals surface area contributed by atoms with Crippen LogP contribution in [0.1, 0.15) is 30.9 Å². The lowest BCUT2D eigenvalue weighted by molar-refractivity contribution is 0.462. The molecule has 3 nitrogen and oxygen atoms in total. The number of nitrogens with zero attached hydrogens (tertiary/aromatic N) is 2. The second-order valence-electron chi connectivity index (χ2n) is 4.45. The van der Waals surface area contributed by atoms with E-state index in [4.69, 9.17) is 21.6 Å². The summed E-state index contributed by atoms with van der Waals surface area (Å²) >= 11 is 5.82. The molecule has 4 heteroatoms. The third-order valence-corrected chi connectivity index (χ3v) is 2.86. The van der Waals surface area contributed by atoms with Crippen LogP contribution in [-0.2, 0) is 0 Å². The van der Waals surface area contributed by atoms with Crippen molar-refractivity contribution in [2.24, 2.45) is 0 Å². The molecule has 0 saturated carbocycles. The molecule has 0 aliphatic rings. The molecule has 0 bridgehead atoms. The van der Waals surface area contributed by atoms with E-state index in [0.29, 0.717) is 23.1 Å². The molecule has 19 heavy (non-hydrogen) atoms. The summed E-state index contributed by atoms with van der Waals surface area (Å²) in [4.78, 5) is 4.03. The van der Waals surface area contributed by atoms with E-state index in [1.54, 1.807) is 6.07 Å². The molecule has 0 fully saturated rings. The number of pyridine rings is 1. The number of nitriles is 1. The zero-order chi connectivity index (χ0) is 13.8. The quantitative estimate of drug-likeness (QED) is 0.772. The van der Waals surface area contributed by atoms with E-state index in [1.807, 2.05) is 30.3 Å². The lowest BCUT2D eigenvalue weighted by Gasteiger charge is -2.08. The van der Waals surface area contributed by atoms with Crippen molar-refractivity contribution in [2.75, 3.05) is 0 Å². The molecule has 0 radical (unpaired) electrons. The van der Waals surface area contributed by atoms with Crippen molar-refractivity contribution in [3.63, 3.8) is 0 Å². The van der Waals surface area contributed by atoms with E-state index in [9.17, 15) is 0 Å². The van der Waals surface area contributed by atoms with Gasteiger partial charge in [0.25, 0.3) is 0 Å². The molecular formula is C15H13ClN2O. The van der Waals surface area contributed by atoms with Gasteiger partial charge in [-0.3, -0.25) is 0 Å². The van der Waals surface area contributed by atoms with Gasteiger partial charge in [0.05, 0.1) is 11.6 Å². The van der Waals surface area contributed by atoms with Gasteiger partial charge in [-0.1, -0.05) is 37.6 Å². The molecule has 0 aliphatic carbocycles. The predicted octanol–water partition coefficient (Wildman–Crippen LogP) is 4.52. The van der Waals surface area contributed by atoms with Crippen molar-refractivity contribution >= 4 is 11.6 Å². The Bertz CT molecular complexity index is 615. The molecule has 1 aromatic carbocycles. The number of hydrogen-bond acceptors (Lipinski definition) is 3. The van der Waals surface area contributed by atoms with E-state index in [1.165, 1.54) is 11.6 Å². The summed E-state index contributed by atoms with van der Waals surface area (Å²) in [6.45, 7) is 4.27. The van der Waals surface area contributed by atoms with Crippen molar-refractivity contribution in [1.29, 1.82) is 5.26 Å². The molecule has 0 aliphatic heterocycles. The van der Waals surface area contributed by atoms with Gasteiger partial charge in [-0.25, -0.2) is 4.98 Å². The fourth-order valence-corrected chi connectivity index (χ4v) is 1.83. The minimum atomic E-state index is 0.243. The largest absolute Gasteiger partial charge is 0.439 e. The highest BCUT2D eigenvalue weighted by atomic mass is 35.5. The van der Waals surface area contributed by atoms with Crippen LogP contribution >= 0.6 is 11.6 Å². The number of ether oxygens (including phenoxy) is 1. The Hall–Kier alpha value is -2.05. The first-order valence-electron chi connectivity index (χ1n) is 5.94. The average molecular weight is 273 g/mol. The Morgan fingerprint density at radius 1 is 1.21 bits per heavy atom. The summed E-state index contributed by atoms with van der Waals surface area (Å²) in [7, 11) is 0. The second-order valence-corrected chi connectivity index (χ2v) is 4.84. The Kier molecular flexibility index (Phi) is 4.03. The van der Waals surface area contributed by atoms with E-state index in [-0.39, 0.29) is 5.15 Å². The van der Waals surface area contributed by atoms with Gasteiger partial charge < -0.3 is 4.74 Å². The first-order chi connectivity index (χ1) is 9.08. The summed E-state index contributed by atoms with van der Waals surface area (Å²) < 4.78 is 5.59. The van der Waals surface area contributed by atoms with Gasteiger partial charge in [-0.05, 0) is 29.7 Å². The van der Waals surface area contributed by atoms with E-state index >= 15 is 0 Å². The summed E-state index contributed by atoms with van der Waals surface area (Å²) in [6, 6.07) is 12.8. The lowest BCUT2D eigenvalue weighted by Crippen LogP contribution is -1.91. The smallest absolute Gasteiger partial charge is 0.221 e. The number of hydrogen-bond donors (Lipinski definition) is 0. The minimum absolute atomic E-state index is 0.243. The third kappa shape index (κ3) is 3.46. The lowest BCUT2D eigenvalue weighted by atomic mass is 10.0. The SMILES string of the molecule is CC(C)c1ccc(Oc2cc(C#N)cc(Cl)n2)cc1. The molecule has 0 amide bonds. The maximum atomic E-state index is 8.86. The van der Waals surface area contributed by atoms with E-state index in [0.717, 1.165) is 0 Å². The van der Waals surface area contributed by atoms with Crippen molar-refractivity contribution in [1.82, 2.24) is 4.98 Å². The molecule has 2 aromatic rings. The molecule has 0 atom stereocenters. The van der Waals surface area contributed by atoms with E-state index in [2.05, 4.69) is 18.8 Å². The van der Waals surface area contributed by atoms with Crippen molar-refractivity contribution < 1.29 is 4.74 Å². The normalized spacial score (nSPS) is 10.3. The highest BCUT2D eigenvalue weighted by molar-refractivity contribution is 6.29. The van der Waals surface area contributed by atoms with Crippen LogP contribution in [0.2, 0.25) is 5.15 Å². The zero-order valence-electron chi connectivity index (χ0n) is 10.7. The number of halogens is 1. The van der Waals surface area contributed by atoms with Crippen LogP contribution in [0.5, 0.6) is 11.6 Å². The van der Waals surface area contributed by atoms with E-state index < -0.39 is 0 Å². The molecule has 2 rings (SSSR count). The average Bonchev–Trinajstić information content (AvgIpc) is 2.38. The topological polar surface area (TPSA) is 45.9 Å². The van der Waals surface area contributed by atoms with Crippen LogP contribution in [0.15, 0.2) is 36.4 Å². The van der Waals surface area contributed by atoms with Gasteiger partial charge >= 0.3 is 0 Å². The Morgan fingerprint density at radius 3 is 2.47 bits per heavy atom. The van der Waals surface area contributed by atoms with Gasteiger partial charge in [0, 0.05) is 6.07 Å². The highest BCUT2D eigenvalue weighted by Gasteiger charge is 2.04. The van der Waals surface area contributed by atoms with Crippen molar-refractivity contribution in [3.05, 3.63) is 52.7 Å². The summed E-state index contributed by atoms with van der Waals surface area (Å²) in [5.74, 6) is 1.47. The number of aromatic nitrogens is 1. The highest BCUT2D eigenvalue weighted by Crippen LogP contribution is 2.24. The molecule has 1 heterocycles. The first kappa shape index (κ1) is 13.4. The number of rotatable bonds is 3. The van der Waals surface area contributed by atoms with Gasteiger partial charge in [-0.2, -0.15) is 5.26 Å². The maximum absolute atomic E-state index is 8.86. The summed E-state index contributed by atoms with van der Waals surface area (Å²) in [5.41, 5.74) is 1.66. The fourth-order valence-electron chi connectivity index (χ4n) is 1.63. The van der Waals surface area contributed by atoms with Crippen LogP contribution in [0.25, 0.3) is 0 Å². The Balaban J connectivity index is 2.21. The van der Waals surface area contributed by atoms with Crippen LogP contribution in [0.3, 0.4) is 0 Å². The molecule has 0 unspecified atom stereocenters. The Morgan fingerprint density at radius 2 is 1.89 bits per heavy atom. The van der Waals surface area contributed by atoms with Crippen LogP contribution < -0.4 is 4.74 Å². The van der Waals surface area contributed by atoms with Gasteiger partial charge in [0.15, 0.2) is 0 Å². The van der Waals surface area contributed by atoms with Crippen molar-refractivity contribution in [3.8, 4) is 17.7 Å². The predicted molar refractivity (Wildman–Crippen MR) is 74.6 cm³/mol. The van der Waals surface area contributed by atoms with Crippen LogP contribution in [0, 0.1) is 11.3 Å². The molecule has 1 aromatic heterocycles. The van der Waals surface area contributed by atoms with Crippen LogP contribution in [-0.4, -0.2) is 4.98 Å². The van der Waals surface area contributed by atoms with Crippen LogP contribution in [0.4, 0.5) is 0 Å². The molecule has 0 spiro atoms. The summed E-state index contributed by atoms with van der Waals surface area (Å²) in [6.07, 6.45) is 0. The third-order valence-electron chi connectivity index (χ3n) is 2.67. The fraction of sp³-hybridized carbons (Fsp3) is 0.200. The van der Waals surface area contributed by atoms with Crippen molar-refractivity contribution in [2.45, 2.75) is 19.8 Å². The maximum Gasteiger partial charge on any atom is 0.221 e. The number of benzene rings is 1. The van der Waals surface area contributed by atoms with Gasteiger partial charge in [0.1, 0.15) is 10.9 Å². The molecule has 96 valence electrons. The Labute approximate surface area is 117 Å². The molecule has 0 N–H and O–H groups in total. The first-order valence-corrected chi connectivity index (χ1v) is 6.32. The molecule has 0 saturated heterocycles. The summed E-state index contributed by atoms with van der Waals surface area (Å²) in [5, 5.41) is 9.10.